The van der Waals surface area contributed by atoms with Gasteiger partial charge in [0, 0.05) is 15.6 Å². The Balaban J connectivity index is 2.04. The lowest BCUT2D eigenvalue weighted by molar-refractivity contribution is 0.507. The summed E-state index contributed by atoms with van der Waals surface area (Å²) in [5.74, 6) is 1.66. The van der Waals surface area contributed by atoms with Crippen LogP contribution in [0.25, 0.3) is 0 Å². The molecular weight excluding hydrogens is 310 g/mol. The average Bonchev–Trinajstić information content (AvgIpc) is 2.63. The molecule has 0 saturated carbocycles. The van der Waals surface area contributed by atoms with E-state index in [1.807, 2.05) is 24.3 Å². The highest BCUT2D eigenvalue weighted by Crippen LogP contribution is 2.30. The first-order valence-electron chi connectivity index (χ1n) is 4.57. The third kappa shape index (κ3) is 2.97. The molecule has 1 heterocycles. The molecule has 1 aromatic heterocycles. The van der Waals surface area contributed by atoms with Gasteiger partial charge in [0.2, 0.25) is 0 Å². The molecule has 16 heavy (non-hydrogen) atoms. The lowest BCUT2D eigenvalue weighted by Gasteiger charge is -2.04. The smallest absolute Gasteiger partial charge is 0.169 e. The standard InChI is InChI=1S/C11H9BrClNOS/c12-11-4-2-8(15-11)6-16-10-3-1-7(13)5-9(10)14/h1-5H,6,14H2. The van der Waals surface area contributed by atoms with E-state index in [0.717, 1.165) is 21.1 Å². The molecule has 0 bridgehead atoms. The molecule has 5 heteroatoms. The van der Waals surface area contributed by atoms with E-state index in [9.17, 15) is 0 Å². The van der Waals surface area contributed by atoms with Gasteiger partial charge in [0.05, 0.1) is 5.75 Å². The van der Waals surface area contributed by atoms with E-state index in [2.05, 4.69) is 15.9 Å². The highest BCUT2D eigenvalue weighted by atomic mass is 79.9. The van der Waals surface area contributed by atoms with E-state index >= 15 is 0 Å². The fourth-order valence-corrected chi connectivity index (χ4v) is 2.59. The quantitative estimate of drug-likeness (QED) is 0.665. The van der Waals surface area contributed by atoms with Crippen LogP contribution in [0.15, 0.2) is 44.3 Å². The SMILES string of the molecule is Nc1cc(Cl)ccc1SCc1ccc(Br)o1. The maximum atomic E-state index is 5.85. The van der Waals surface area contributed by atoms with Gasteiger partial charge in [0.25, 0.3) is 0 Å². The molecule has 0 radical (unpaired) electrons. The summed E-state index contributed by atoms with van der Waals surface area (Å²) in [6.45, 7) is 0. The van der Waals surface area contributed by atoms with Crippen molar-refractivity contribution in [3.63, 3.8) is 0 Å². The van der Waals surface area contributed by atoms with Crippen molar-refractivity contribution in [2.24, 2.45) is 0 Å². The van der Waals surface area contributed by atoms with E-state index in [0.29, 0.717) is 10.7 Å². The summed E-state index contributed by atoms with van der Waals surface area (Å²) >= 11 is 10.7. The maximum absolute atomic E-state index is 5.85. The molecular formula is C11H9BrClNOS. The molecule has 0 spiro atoms. The highest BCUT2D eigenvalue weighted by molar-refractivity contribution is 9.10. The Bertz CT molecular complexity index is 500. The monoisotopic (exact) mass is 317 g/mol. The first-order chi connectivity index (χ1) is 7.65. The largest absolute Gasteiger partial charge is 0.453 e. The molecule has 0 amide bonds. The van der Waals surface area contributed by atoms with Crippen molar-refractivity contribution in [2.75, 3.05) is 5.73 Å². The average molecular weight is 319 g/mol. The van der Waals surface area contributed by atoms with Crippen molar-refractivity contribution < 1.29 is 4.42 Å². The van der Waals surface area contributed by atoms with Gasteiger partial charge in [-0.05, 0) is 46.3 Å². The van der Waals surface area contributed by atoms with E-state index in [1.165, 1.54) is 0 Å². The lowest BCUT2D eigenvalue weighted by atomic mass is 10.3. The molecule has 2 N–H and O–H groups in total. The predicted molar refractivity (Wildman–Crippen MR) is 71.8 cm³/mol. The van der Waals surface area contributed by atoms with Crippen LogP contribution in [0.1, 0.15) is 5.76 Å². The lowest BCUT2D eigenvalue weighted by Crippen LogP contribution is -1.88. The fourth-order valence-electron chi connectivity index (χ4n) is 1.23. The van der Waals surface area contributed by atoms with Gasteiger partial charge in [0.15, 0.2) is 4.67 Å². The molecule has 84 valence electrons. The molecule has 0 aliphatic heterocycles. The molecule has 0 saturated heterocycles. The van der Waals surface area contributed by atoms with Gasteiger partial charge in [-0.15, -0.1) is 11.8 Å². The van der Waals surface area contributed by atoms with Gasteiger partial charge >= 0.3 is 0 Å². The van der Waals surface area contributed by atoms with E-state index in [4.69, 9.17) is 21.8 Å². The second-order valence-corrected chi connectivity index (χ2v) is 5.41. The van der Waals surface area contributed by atoms with Crippen LogP contribution in [-0.4, -0.2) is 0 Å². The van der Waals surface area contributed by atoms with Crippen molar-refractivity contribution in [3.05, 3.63) is 45.8 Å². The first kappa shape index (κ1) is 11.9. The van der Waals surface area contributed by atoms with E-state index in [-0.39, 0.29) is 0 Å². The number of nitrogen functional groups attached to an aromatic ring is 1. The number of hydrogen-bond acceptors (Lipinski definition) is 3. The Hall–Kier alpha value is -0.580. The third-order valence-corrected chi connectivity index (χ3v) is 3.74. The topological polar surface area (TPSA) is 39.2 Å². The minimum atomic E-state index is 0.655. The molecule has 0 aliphatic rings. The van der Waals surface area contributed by atoms with Crippen LogP contribution >= 0.6 is 39.3 Å². The minimum Gasteiger partial charge on any atom is -0.453 e. The molecule has 0 aliphatic carbocycles. The number of furan rings is 1. The van der Waals surface area contributed by atoms with Crippen LogP contribution in [0.5, 0.6) is 0 Å². The Morgan fingerprint density at radius 1 is 1.31 bits per heavy atom. The maximum Gasteiger partial charge on any atom is 0.169 e. The Labute approximate surface area is 111 Å². The Morgan fingerprint density at radius 2 is 2.12 bits per heavy atom. The number of nitrogens with two attached hydrogens (primary N) is 1. The molecule has 0 atom stereocenters. The number of rotatable bonds is 3. The number of anilines is 1. The van der Waals surface area contributed by atoms with E-state index in [1.54, 1.807) is 17.8 Å². The van der Waals surface area contributed by atoms with Gasteiger partial charge in [-0.2, -0.15) is 0 Å². The molecule has 2 rings (SSSR count). The van der Waals surface area contributed by atoms with Crippen LogP contribution in [0.3, 0.4) is 0 Å². The van der Waals surface area contributed by atoms with Crippen molar-refractivity contribution in [1.82, 2.24) is 0 Å². The highest BCUT2D eigenvalue weighted by Gasteiger charge is 2.04. The van der Waals surface area contributed by atoms with E-state index < -0.39 is 0 Å². The van der Waals surface area contributed by atoms with Crippen molar-refractivity contribution >= 4 is 45.0 Å². The zero-order chi connectivity index (χ0) is 11.5. The molecule has 0 unspecified atom stereocenters. The zero-order valence-corrected chi connectivity index (χ0v) is 11.4. The third-order valence-electron chi connectivity index (χ3n) is 1.97. The number of thioether (sulfide) groups is 1. The molecule has 0 fully saturated rings. The summed E-state index contributed by atoms with van der Waals surface area (Å²) in [5, 5.41) is 0.655. The van der Waals surface area contributed by atoms with Crippen LogP contribution in [0.2, 0.25) is 5.02 Å². The van der Waals surface area contributed by atoms with Gasteiger partial charge in [-0.3, -0.25) is 0 Å². The fraction of sp³-hybridized carbons (Fsp3) is 0.0909. The van der Waals surface area contributed by atoms with Gasteiger partial charge in [0.1, 0.15) is 5.76 Å². The molecule has 2 nitrogen and oxygen atoms in total. The normalized spacial score (nSPS) is 10.6. The van der Waals surface area contributed by atoms with Gasteiger partial charge < -0.3 is 10.2 Å². The van der Waals surface area contributed by atoms with Gasteiger partial charge in [-0.25, -0.2) is 0 Å². The van der Waals surface area contributed by atoms with Crippen LogP contribution in [-0.2, 0) is 5.75 Å². The predicted octanol–water partition coefficient (Wildman–Crippen LogP) is 4.57. The number of benzene rings is 1. The Morgan fingerprint density at radius 3 is 2.75 bits per heavy atom. The summed E-state index contributed by atoms with van der Waals surface area (Å²) < 4.78 is 6.14. The summed E-state index contributed by atoms with van der Waals surface area (Å²) in [5.41, 5.74) is 6.54. The summed E-state index contributed by atoms with van der Waals surface area (Å²) in [6, 6.07) is 9.31. The summed E-state index contributed by atoms with van der Waals surface area (Å²) in [6.07, 6.45) is 0. The summed E-state index contributed by atoms with van der Waals surface area (Å²) in [4.78, 5) is 1.01. The zero-order valence-electron chi connectivity index (χ0n) is 8.24. The first-order valence-corrected chi connectivity index (χ1v) is 6.73. The van der Waals surface area contributed by atoms with Crippen molar-refractivity contribution in [3.8, 4) is 0 Å². The van der Waals surface area contributed by atoms with Crippen LogP contribution < -0.4 is 5.73 Å². The molecule has 1 aromatic carbocycles. The number of hydrogen-bond donors (Lipinski definition) is 1. The van der Waals surface area contributed by atoms with Crippen LogP contribution in [0.4, 0.5) is 5.69 Å². The van der Waals surface area contributed by atoms with Crippen molar-refractivity contribution in [2.45, 2.75) is 10.6 Å². The summed E-state index contributed by atoms with van der Waals surface area (Å²) in [7, 11) is 0. The van der Waals surface area contributed by atoms with Crippen LogP contribution in [0, 0.1) is 0 Å². The van der Waals surface area contributed by atoms with Gasteiger partial charge in [-0.1, -0.05) is 11.6 Å². The Kier molecular flexibility index (Phi) is 3.84. The second-order valence-electron chi connectivity index (χ2n) is 3.18. The van der Waals surface area contributed by atoms with Crippen molar-refractivity contribution in [1.29, 1.82) is 0 Å². The molecule has 2 aromatic rings. The second kappa shape index (κ2) is 5.17. The minimum absolute atomic E-state index is 0.655. The number of halogens is 2.